The Morgan fingerprint density at radius 1 is 0.732 bits per heavy atom. The van der Waals surface area contributed by atoms with Gasteiger partial charge in [0.05, 0.1) is 23.8 Å². The van der Waals surface area contributed by atoms with Gasteiger partial charge < -0.3 is 65.0 Å². The van der Waals surface area contributed by atoms with Gasteiger partial charge in [0.15, 0.2) is 11.0 Å². The van der Waals surface area contributed by atoms with Crippen LogP contribution in [0, 0.1) is 0 Å². The summed E-state index contributed by atoms with van der Waals surface area (Å²) in [6.45, 7) is 0.540. The van der Waals surface area contributed by atoms with Crippen LogP contribution in [0.15, 0.2) is 39.5 Å². The number of ether oxygens (including phenoxy) is 2. The second kappa shape index (κ2) is 10.8. The van der Waals surface area contributed by atoms with Gasteiger partial charge in [0.2, 0.25) is 0 Å². The number of hydrogen-bond acceptors (Lipinski definition) is 14. The highest BCUT2D eigenvalue weighted by molar-refractivity contribution is 5.92. The van der Waals surface area contributed by atoms with Gasteiger partial charge >= 0.3 is 0 Å². The van der Waals surface area contributed by atoms with Gasteiger partial charge in [-0.05, 0) is 31.2 Å². The minimum absolute atomic E-state index is 0.0774. The molecule has 3 aromatic rings. The van der Waals surface area contributed by atoms with Crippen LogP contribution in [-0.2, 0) is 9.47 Å². The Hall–Kier alpha value is -3.31. The summed E-state index contributed by atoms with van der Waals surface area (Å²) in [5.74, 6) is -2.01. The highest BCUT2D eigenvalue weighted by Crippen LogP contribution is 2.50. The molecule has 3 heterocycles. The number of aliphatic hydroxyl groups excluding tert-OH is 7. The van der Waals surface area contributed by atoms with Crippen molar-refractivity contribution in [1.82, 2.24) is 0 Å². The number of aromatic hydroxyl groups is 3. The van der Waals surface area contributed by atoms with Crippen LogP contribution in [-0.4, -0.2) is 107 Å². The summed E-state index contributed by atoms with van der Waals surface area (Å²) in [4.78, 5) is 13.4. The van der Waals surface area contributed by atoms with Crippen molar-refractivity contribution in [3.05, 3.63) is 51.7 Å². The lowest BCUT2D eigenvalue weighted by Gasteiger charge is -2.42. The van der Waals surface area contributed by atoms with E-state index in [1.807, 2.05) is 0 Å². The molecule has 0 amide bonds. The van der Waals surface area contributed by atoms with Gasteiger partial charge in [-0.3, -0.25) is 4.79 Å². The molecule has 0 aliphatic carbocycles. The second-order valence-corrected chi connectivity index (χ2v) is 10.2. The molecule has 222 valence electrons. The molecule has 14 nitrogen and oxygen atoms in total. The van der Waals surface area contributed by atoms with Crippen molar-refractivity contribution in [3.63, 3.8) is 0 Å². The number of phenols is 3. The molecular weight excluding hydrogens is 548 g/mol. The van der Waals surface area contributed by atoms with E-state index >= 15 is 0 Å². The molecule has 4 unspecified atom stereocenters. The molecule has 0 saturated carbocycles. The Balaban J connectivity index is 1.82. The van der Waals surface area contributed by atoms with Gasteiger partial charge in [-0.2, -0.15) is 0 Å². The first-order chi connectivity index (χ1) is 19.4. The number of phenolic OH excluding ortho intramolecular Hbond substituents is 3. The Bertz CT molecular complexity index is 1480. The summed E-state index contributed by atoms with van der Waals surface area (Å²) in [6, 6.07) is 6.48. The van der Waals surface area contributed by atoms with E-state index < -0.39 is 107 Å². The number of aliphatic hydroxyl groups is 7. The van der Waals surface area contributed by atoms with Crippen molar-refractivity contribution in [1.29, 1.82) is 0 Å². The van der Waals surface area contributed by atoms with Gasteiger partial charge in [-0.15, -0.1) is 0 Å². The highest BCUT2D eigenvalue weighted by Gasteiger charge is 2.49. The fraction of sp³-hybridized carbons (Fsp3) is 0.444. The molecule has 5 rings (SSSR count). The van der Waals surface area contributed by atoms with Gasteiger partial charge in [-0.1, -0.05) is 0 Å². The zero-order valence-electron chi connectivity index (χ0n) is 21.5. The maximum Gasteiger partial charge on any atom is 0.197 e. The Morgan fingerprint density at radius 2 is 1.32 bits per heavy atom. The van der Waals surface area contributed by atoms with Crippen molar-refractivity contribution in [2.75, 3.05) is 6.61 Å². The number of benzene rings is 2. The van der Waals surface area contributed by atoms with E-state index in [0.29, 0.717) is 5.56 Å². The molecule has 2 aliphatic heterocycles. The van der Waals surface area contributed by atoms with Crippen LogP contribution in [0.25, 0.3) is 22.3 Å². The van der Waals surface area contributed by atoms with E-state index in [2.05, 4.69) is 0 Å². The molecule has 1 aromatic heterocycles. The molecular formula is C27H30O14. The SMILES string of the molecule is CC1O[C@@H](c2c(O)c([C@@H]3OC(CO)[C@@H](O)[C@H](O)C3O)c3oc(-c4ccc(O)cc4)cc(=O)c3c2O)C(O)[C@@H](O)[C@H]1O. The molecule has 41 heavy (non-hydrogen) atoms. The molecule has 10 atom stereocenters. The minimum atomic E-state index is -1.97. The van der Waals surface area contributed by atoms with Crippen molar-refractivity contribution in [3.8, 4) is 28.6 Å². The average Bonchev–Trinajstić information content (AvgIpc) is 2.94. The summed E-state index contributed by atoms with van der Waals surface area (Å²) >= 11 is 0. The number of rotatable bonds is 4. The van der Waals surface area contributed by atoms with Crippen molar-refractivity contribution in [2.45, 2.75) is 68.0 Å². The van der Waals surface area contributed by atoms with E-state index in [-0.39, 0.29) is 11.5 Å². The Labute approximate surface area is 231 Å². The molecule has 2 aliphatic rings. The van der Waals surface area contributed by atoms with Gasteiger partial charge in [0.1, 0.15) is 83.3 Å². The summed E-state index contributed by atoms with van der Waals surface area (Å²) in [5, 5.41) is 104. The Kier molecular flexibility index (Phi) is 7.71. The smallest absolute Gasteiger partial charge is 0.197 e. The van der Waals surface area contributed by atoms with E-state index in [1.54, 1.807) is 0 Å². The molecule has 2 fully saturated rings. The van der Waals surface area contributed by atoms with Crippen molar-refractivity contribution < 1.29 is 65.0 Å². The quantitative estimate of drug-likeness (QED) is 0.172. The lowest BCUT2D eigenvalue weighted by Crippen LogP contribution is -2.55. The van der Waals surface area contributed by atoms with E-state index in [9.17, 15) is 55.9 Å². The minimum Gasteiger partial charge on any atom is -0.508 e. The van der Waals surface area contributed by atoms with E-state index in [0.717, 1.165) is 6.07 Å². The van der Waals surface area contributed by atoms with Crippen LogP contribution >= 0.6 is 0 Å². The summed E-state index contributed by atoms with van der Waals surface area (Å²) < 4.78 is 17.2. The van der Waals surface area contributed by atoms with Crippen LogP contribution in [0.4, 0.5) is 0 Å². The molecule has 10 N–H and O–H groups in total. The van der Waals surface area contributed by atoms with E-state index in [4.69, 9.17) is 13.9 Å². The predicted octanol–water partition coefficient (Wildman–Crippen LogP) is -1.37. The third-order valence-electron chi connectivity index (χ3n) is 7.66. The summed E-state index contributed by atoms with van der Waals surface area (Å²) in [5.41, 5.74) is -2.20. The van der Waals surface area contributed by atoms with Crippen LogP contribution in [0.5, 0.6) is 17.2 Å². The largest absolute Gasteiger partial charge is 0.508 e. The number of fused-ring (bicyclic) bond motifs is 1. The van der Waals surface area contributed by atoms with Crippen LogP contribution < -0.4 is 5.43 Å². The summed E-state index contributed by atoms with van der Waals surface area (Å²) in [7, 11) is 0. The predicted molar refractivity (Wildman–Crippen MR) is 137 cm³/mol. The molecule has 0 spiro atoms. The standard InChI is InChI=1S/C27H30O14/c1-8-17(31)21(35)23(37)26(39-8)15-19(33)14-11(30)6-12(9-2-4-10(29)5-3-9)40-25(14)16(20(15)34)27-24(38)22(36)18(32)13(7-28)41-27/h2-6,8,13,17-18,21-24,26-29,31-38H,7H2,1H3/t8?,13?,17-,18+,21-,22-,23?,24?,26-,27-/m0/s1. The Morgan fingerprint density at radius 3 is 1.93 bits per heavy atom. The first-order valence-electron chi connectivity index (χ1n) is 12.7. The van der Waals surface area contributed by atoms with Gasteiger partial charge in [0, 0.05) is 11.6 Å². The van der Waals surface area contributed by atoms with Crippen LogP contribution in [0.3, 0.4) is 0 Å². The van der Waals surface area contributed by atoms with E-state index in [1.165, 1.54) is 31.2 Å². The topological polar surface area (TPSA) is 251 Å². The molecule has 14 heteroatoms. The first-order valence-corrected chi connectivity index (χ1v) is 12.7. The molecule has 0 bridgehead atoms. The molecule has 0 radical (unpaired) electrons. The lowest BCUT2D eigenvalue weighted by molar-refractivity contribution is -0.232. The molecule has 2 aromatic carbocycles. The third kappa shape index (κ3) is 4.72. The zero-order chi connectivity index (χ0) is 29.9. The van der Waals surface area contributed by atoms with Gasteiger partial charge in [-0.25, -0.2) is 0 Å². The van der Waals surface area contributed by atoms with Crippen molar-refractivity contribution in [2.24, 2.45) is 0 Å². The molecule has 2 saturated heterocycles. The maximum atomic E-state index is 13.4. The fourth-order valence-corrected chi connectivity index (χ4v) is 5.34. The zero-order valence-corrected chi connectivity index (χ0v) is 21.5. The normalized spacial score (nSPS) is 34.1. The van der Waals surface area contributed by atoms with Crippen molar-refractivity contribution >= 4 is 11.0 Å². The van der Waals surface area contributed by atoms with Crippen LogP contribution in [0.1, 0.15) is 30.3 Å². The first kappa shape index (κ1) is 29.2. The third-order valence-corrected chi connectivity index (χ3v) is 7.66. The second-order valence-electron chi connectivity index (χ2n) is 10.2. The lowest BCUT2D eigenvalue weighted by atomic mass is 9.85. The maximum absolute atomic E-state index is 13.4. The highest BCUT2D eigenvalue weighted by atomic mass is 16.5. The van der Waals surface area contributed by atoms with Crippen LogP contribution in [0.2, 0.25) is 0 Å². The average molecular weight is 579 g/mol. The van der Waals surface area contributed by atoms with Gasteiger partial charge in [0.25, 0.3) is 0 Å². The number of hydrogen-bond donors (Lipinski definition) is 10. The summed E-state index contributed by atoms with van der Waals surface area (Å²) in [6.07, 6.45) is -16.9. The fourth-order valence-electron chi connectivity index (χ4n) is 5.34. The monoisotopic (exact) mass is 578 g/mol.